The molecule has 2 heterocycles. The fraction of sp³-hybridized carbons (Fsp3) is 0.391. The Morgan fingerprint density at radius 1 is 0.975 bits per heavy atom. The molecule has 3 rings (SSSR count). The summed E-state index contributed by atoms with van der Waals surface area (Å²) in [5.74, 6) is -4.57. The number of methoxy groups -OCH3 is 1. The van der Waals surface area contributed by atoms with Crippen molar-refractivity contribution in [1.82, 2.24) is 4.98 Å². The molecule has 0 spiro atoms. The van der Waals surface area contributed by atoms with Crippen LogP contribution in [0.5, 0.6) is 5.75 Å². The first-order valence-corrected chi connectivity index (χ1v) is 12.1. The second-order valence-electron chi connectivity index (χ2n) is 8.00. The van der Waals surface area contributed by atoms with Gasteiger partial charge >= 0.3 is 28.9 Å². The first-order valence-electron chi connectivity index (χ1n) is 11.3. The second-order valence-corrected chi connectivity index (χ2v) is 9.01. The number of carbonyl (C=O) groups excluding carboxylic acids is 5. The molecular formula is C23H23N3O13S. The minimum atomic E-state index is -1.70. The van der Waals surface area contributed by atoms with Gasteiger partial charge in [-0.3, -0.25) is 34.6 Å². The van der Waals surface area contributed by atoms with Crippen LogP contribution < -0.4 is 10.1 Å². The number of para-hydroxylation sites is 1. The van der Waals surface area contributed by atoms with Crippen molar-refractivity contribution in [2.45, 2.75) is 51.5 Å². The van der Waals surface area contributed by atoms with Crippen LogP contribution >= 0.6 is 11.3 Å². The molecule has 17 heteroatoms. The van der Waals surface area contributed by atoms with Gasteiger partial charge in [0.05, 0.1) is 17.6 Å². The average Bonchev–Trinajstić information content (AvgIpc) is 3.35. The molecule has 214 valence electrons. The van der Waals surface area contributed by atoms with Crippen LogP contribution in [0.3, 0.4) is 0 Å². The SMILES string of the molecule is COC(=O)[C@@H]1O[C@H](Oc2ccccc2C(=O)Nc2ncc([N+](=O)[O-])s2)[C@@H](OC(C)=O)[C@H](OC(C)=O)[C@H]1OC(C)=O. The maximum atomic E-state index is 13.0. The van der Waals surface area contributed by atoms with E-state index in [1.54, 1.807) is 0 Å². The van der Waals surface area contributed by atoms with Gasteiger partial charge in [-0.25, -0.2) is 9.78 Å². The van der Waals surface area contributed by atoms with E-state index in [1.807, 2.05) is 0 Å². The van der Waals surface area contributed by atoms with Gasteiger partial charge in [-0.2, -0.15) is 0 Å². The number of nitro groups is 1. The molecule has 1 aliphatic rings. The van der Waals surface area contributed by atoms with Crippen LogP contribution in [0.4, 0.5) is 10.1 Å². The highest BCUT2D eigenvalue weighted by atomic mass is 32.1. The summed E-state index contributed by atoms with van der Waals surface area (Å²) in [6.07, 6.45) is -7.21. The number of carbonyl (C=O) groups is 5. The summed E-state index contributed by atoms with van der Waals surface area (Å²) in [7, 11) is 1.04. The van der Waals surface area contributed by atoms with E-state index < -0.39 is 65.4 Å². The van der Waals surface area contributed by atoms with E-state index in [2.05, 4.69) is 10.3 Å². The van der Waals surface area contributed by atoms with Gasteiger partial charge < -0.3 is 28.4 Å². The van der Waals surface area contributed by atoms with Crippen LogP contribution in [0.2, 0.25) is 0 Å². The number of benzene rings is 1. The number of hydrogen-bond donors (Lipinski definition) is 1. The summed E-state index contributed by atoms with van der Waals surface area (Å²) < 4.78 is 32.1. The zero-order valence-corrected chi connectivity index (χ0v) is 22.2. The quantitative estimate of drug-likeness (QED) is 0.192. The fourth-order valence-corrected chi connectivity index (χ4v) is 4.26. The van der Waals surface area contributed by atoms with Crippen LogP contribution in [0.25, 0.3) is 0 Å². The maximum absolute atomic E-state index is 13.0. The standard InChI is InChI=1S/C23H23N3O13S/c1-10(27)35-16-17(36-11(2)28)19(37-12(3)29)22(39-18(16)21(31)34-4)38-14-8-6-5-7-13(14)20(30)25-23-24-9-15(40-23)26(32)33/h5-9,16-19,22H,1-4H3,(H,24,25,30)/t16-,17-,18-,19+,22+/m1/s1. The number of anilines is 1. The van der Waals surface area contributed by atoms with Crippen molar-refractivity contribution >= 4 is 51.3 Å². The predicted octanol–water partition coefficient (Wildman–Crippen LogP) is 1.38. The van der Waals surface area contributed by atoms with Gasteiger partial charge in [0.15, 0.2) is 23.4 Å². The molecule has 5 atom stereocenters. The third-order valence-corrected chi connectivity index (χ3v) is 5.97. The lowest BCUT2D eigenvalue weighted by Gasteiger charge is -2.43. The molecule has 0 aliphatic carbocycles. The van der Waals surface area contributed by atoms with Crippen molar-refractivity contribution in [1.29, 1.82) is 0 Å². The molecule has 1 aromatic heterocycles. The summed E-state index contributed by atoms with van der Waals surface area (Å²) in [6, 6.07) is 5.68. The van der Waals surface area contributed by atoms with Crippen molar-refractivity contribution in [3.63, 3.8) is 0 Å². The lowest BCUT2D eigenvalue weighted by molar-refractivity contribution is -0.380. The van der Waals surface area contributed by atoms with Gasteiger partial charge in [-0.05, 0) is 23.5 Å². The van der Waals surface area contributed by atoms with Crippen LogP contribution in [0.1, 0.15) is 31.1 Å². The summed E-state index contributed by atoms with van der Waals surface area (Å²) in [4.78, 5) is 75.4. The minimum absolute atomic E-state index is 0.0666. The summed E-state index contributed by atoms with van der Waals surface area (Å²) in [5, 5.41) is 13.0. The van der Waals surface area contributed by atoms with Crippen molar-refractivity contribution in [3.8, 4) is 5.75 Å². The fourth-order valence-electron chi connectivity index (χ4n) is 3.63. The zero-order valence-electron chi connectivity index (χ0n) is 21.4. The van der Waals surface area contributed by atoms with E-state index in [1.165, 1.54) is 24.3 Å². The van der Waals surface area contributed by atoms with E-state index in [-0.39, 0.29) is 21.4 Å². The van der Waals surface area contributed by atoms with Crippen LogP contribution in [-0.2, 0) is 42.9 Å². The number of nitrogens with zero attached hydrogens (tertiary/aromatic N) is 2. The van der Waals surface area contributed by atoms with Crippen molar-refractivity contribution < 1.29 is 57.3 Å². The highest BCUT2D eigenvalue weighted by Crippen LogP contribution is 2.33. The number of ether oxygens (including phenoxy) is 6. The molecule has 0 saturated carbocycles. The Kier molecular flexibility index (Phi) is 9.68. The number of thiazole rings is 1. The molecule has 1 aromatic carbocycles. The van der Waals surface area contributed by atoms with Crippen LogP contribution in [0.15, 0.2) is 30.5 Å². The van der Waals surface area contributed by atoms with Gasteiger partial charge in [0.25, 0.3) is 5.91 Å². The number of rotatable bonds is 9. The van der Waals surface area contributed by atoms with Gasteiger partial charge in [0, 0.05) is 20.8 Å². The first-order chi connectivity index (χ1) is 18.9. The molecule has 1 saturated heterocycles. The van der Waals surface area contributed by atoms with E-state index >= 15 is 0 Å². The highest BCUT2D eigenvalue weighted by Gasteiger charge is 2.56. The Morgan fingerprint density at radius 3 is 2.15 bits per heavy atom. The zero-order chi connectivity index (χ0) is 29.6. The topological polar surface area (TPSA) is 209 Å². The first kappa shape index (κ1) is 29.9. The van der Waals surface area contributed by atoms with Crippen LogP contribution in [-0.4, -0.2) is 77.5 Å². The van der Waals surface area contributed by atoms with E-state index in [0.717, 1.165) is 34.1 Å². The Balaban J connectivity index is 1.99. The van der Waals surface area contributed by atoms with Crippen molar-refractivity contribution in [3.05, 3.63) is 46.1 Å². The van der Waals surface area contributed by atoms with Gasteiger partial charge in [-0.15, -0.1) is 0 Å². The number of aromatic nitrogens is 1. The number of amides is 1. The molecule has 0 unspecified atom stereocenters. The highest BCUT2D eigenvalue weighted by molar-refractivity contribution is 7.18. The Labute approximate surface area is 229 Å². The van der Waals surface area contributed by atoms with Crippen molar-refractivity contribution in [2.75, 3.05) is 12.4 Å². The molecule has 1 fully saturated rings. The summed E-state index contributed by atoms with van der Waals surface area (Å²) >= 11 is 0.623. The lowest BCUT2D eigenvalue weighted by Crippen LogP contribution is -2.64. The van der Waals surface area contributed by atoms with E-state index in [9.17, 15) is 34.1 Å². The molecule has 1 amide bonds. The Morgan fingerprint density at radius 2 is 1.57 bits per heavy atom. The predicted molar refractivity (Wildman–Crippen MR) is 131 cm³/mol. The largest absolute Gasteiger partial charge is 0.467 e. The molecule has 16 nitrogen and oxygen atoms in total. The Hall–Kier alpha value is -4.64. The van der Waals surface area contributed by atoms with Gasteiger partial charge in [0.1, 0.15) is 11.9 Å². The smallest absolute Gasteiger partial charge is 0.345 e. The summed E-state index contributed by atoms with van der Waals surface area (Å²) in [5.41, 5.74) is -0.105. The number of esters is 4. The molecule has 1 aliphatic heterocycles. The summed E-state index contributed by atoms with van der Waals surface area (Å²) in [6.45, 7) is 3.12. The third kappa shape index (κ3) is 7.26. The lowest BCUT2D eigenvalue weighted by atomic mass is 9.97. The van der Waals surface area contributed by atoms with E-state index in [0.29, 0.717) is 11.3 Å². The second kappa shape index (κ2) is 12.9. The van der Waals surface area contributed by atoms with E-state index in [4.69, 9.17) is 28.4 Å². The number of nitrogens with one attached hydrogen (secondary N) is 1. The average molecular weight is 582 g/mol. The van der Waals surface area contributed by atoms with Gasteiger partial charge in [0.2, 0.25) is 12.4 Å². The number of hydrogen-bond acceptors (Lipinski definition) is 15. The monoisotopic (exact) mass is 581 g/mol. The third-order valence-electron chi connectivity index (χ3n) is 5.10. The molecule has 2 aromatic rings. The molecule has 0 bridgehead atoms. The maximum Gasteiger partial charge on any atom is 0.345 e. The molecule has 1 N–H and O–H groups in total. The minimum Gasteiger partial charge on any atom is -0.467 e. The van der Waals surface area contributed by atoms with Gasteiger partial charge in [-0.1, -0.05) is 12.1 Å². The Bertz CT molecular complexity index is 1310. The molecule has 40 heavy (non-hydrogen) atoms. The molecular weight excluding hydrogens is 558 g/mol. The van der Waals surface area contributed by atoms with Crippen molar-refractivity contribution in [2.24, 2.45) is 0 Å². The molecule has 0 radical (unpaired) electrons. The van der Waals surface area contributed by atoms with Crippen LogP contribution in [0, 0.1) is 10.1 Å². The normalized spacial score (nSPS) is 21.9.